The van der Waals surface area contributed by atoms with Crippen molar-refractivity contribution in [3.8, 4) is 5.75 Å². The molecule has 0 aliphatic heterocycles. The highest BCUT2D eigenvalue weighted by Gasteiger charge is 2.12. The van der Waals surface area contributed by atoms with Gasteiger partial charge < -0.3 is 10.1 Å². The summed E-state index contributed by atoms with van der Waals surface area (Å²) in [5.41, 5.74) is 5.04. The van der Waals surface area contributed by atoms with Crippen molar-refractivity contribution in [3.63, 3.8) is 0 Å². The molecule has 1 atom stereocenters. The summed E-state index contributed by atoms with van der Waals surface area (Å²) in [5.74, 6) is 0.977. The molecule has 2 nitrogen and oxygen atoms in total. The predicted octanol–water partition coefficient (Wildman–Crippen LogP) is 4.34. The number of benzene rings is 2. The highest BCUT2D eigenvalue weighted by Crippen LogP contribution is 2.22. The van der Waals surface area contributed by atoms with Crippen LogP contribution in [0.1, 0.15) is 35.2 Å². The van der Waals surface area contributed by atoms with Gasteiger partial charge in [0.05, 0.1) is 6.04 Å². The SMILES string of the molecule is CCNC(COc1cccc(C)c1C)c1ccc(C)cc1. The molecule has 0 bridgehead atoms. The van der Waals surface area contributed by atoms with E-state index in [4.69, 9.17) is 4.74 Å². The van der Waals surface area contributed by atoms with E-state index in [2.05, 4.69) is 63.3 Å². The Hall–Kier alpha value is -1.80. The number of aryl methyl sites for hydroxylation is 2. The van der Waals surface area contributed by atoms with E-state index >= 15 is 0 Å². The smallest absolute Gasteiger partial charge is 0.122 e. The molecule has 1 unspecified atom stereocenters. The molecule has 0 saturated carbocycles. The quantitative estimate of drug-likeness (QED) is 0.851. The molecule has 0 radical (unpaired) electrons. The molecule has 0 aliphatic carbocycles. The van der Waals surface area contributed by atoms with Crippen LogP contribution in [0.15, 0.2) is 42.5 Å². The average Bonchev–Trinajstić information content (AvgIpc) is 2.48. The van der Waals surface area contributed by atoms with Gasteiger partial charge in [-0.1, -0.05) is 48.9 Å². The molecule has 2 rings (SSSR count). The van der Waals surface area contributed by atoms with Crippen LogP contribution in [0.3, 0.4) is 0 Å². The van der Waals surface area contributed by atoms with Crippen LogP contribution in [0.5, 0.6) is 5.75 Å². The topological polar surface area (TPSA) is 21.3 Å². The Morgan fingerprint density at radius 2 is 1.71 bits per heavy atom. The fourth-order valence-electron chi connectivity index (χ4n) is 2.37. The normalized spacial score (nSPS) is 12.2. The monoisotopic (exact) mass is 283 g/mol. The van der Waals surface area contributed by atoms with Gasteiger partial charge in [0.2, 0.25) is 0 Å². The van der Waals surface area contributed by atoms with E-state index in [9.17, 15) is 0 Å². The Bertz CT molecular complexity index is 575. The van der Waals surface area contributed by atoms with Gasteiger partial charge >= 0.3 is 0 Å². The minimum atomic E-state index is 0.218. The highest BCUT2D eigenvalue weighted by atomic mass is 16.5. The lowest BCUT2D eigenvalue weighted by Crippen LogP contribution is -2.26. The van der Waals surface area contributed by atoms with Crippen molar-refractivity contribution in [1.29, 1.82) is 0 Å². The highest BCUT2D eigenvalue weighted by molar-refractivity contribution is 5.38. The maximum absolute atomic E-state index is 6.05. The first-order valence-electron chi connectivity index (χ1n) is 7.60. The van der Waals surface area contributed by atoms with Crippen LogP contribution in [-0.4, -0.2) is 13.2 Å². The van der Waals surface area contributed by atoms with E-state index < -0.39 is 0 Å². The number of likely N-dealkylation sites (N-methyl/N-ethyl adjacent to an activating group) is 1. The van der Waals surface area contributed by atoms with Crippen LogP contribution in [0, 0.1) is 20.8 Å². The number of hydrogen-bond donors (Lipinski definition) is 1. The van der Waals surface area contributed by atoms with Gasteiger partial charge in [-0.15, -0.1) is 0 Å². The molecular weight excluding hydrogens is 258 g/mol. The molecule has 2 aromatic rings. The molecule has 2 heteroatoms. The lowest BCUT2D eigenvalue weighted by atomic mass is 10.1. The predicted molar refractivity (Wildman–Crippen MR) is 89.0 cm³/mol. The van der Waals surface area contributed by atoms with Crippen molar-refractivity contribution >= 4 is 0 Å². The number of nitrogens with one attached hydrogen (secondary N) is 1. The second kappa shape index (κ2) is 7.28. The largest absolute Gasteiger partial charge is 0.491 e. The van der Waals surface area contributed by atoms with E-state index in [0.717, 1.165) is 12.3 Å². The van der Waals surface area contributed by atoms with Crippen molar-refractivity contribution < 1.29 is 4.74 Å². The molecule has 112 valence electrons. The average molecular weight is 283 g/mol. The Morgan fingerprint density at radius 3 is 2.38 bits per heavy atom. The van der Waals surface area contributed by atoms with Gasteiger partial charge in [0.25, 0.3) is 0 Å². The molecule has 0 saturated heterocycles. The summed E-state index contributed by atoms with van der Waals surface area (Å²) in [6.45, 7) is 10.0. The fourth-order valence-corrected chi connectivity index (χ4v) is 2.37. The van der Waals surface area contributed by atoms with Crippen LogP contribution in [0.4, 0.5) is 0 Å². The molecule has 21 heavy (non-hydrogen) atoms. The molecule has 0 spiro atoms. The van der Waals surface area contributed by atoms with Crippen LogP contribution < -0.4 is 10.1 Å². The number of ether oxygens (including phenoxy) is 1. The molecular formula is C19H25NO. The summed E-state index contributed by atoms with van der Waals surface area (Å²) in [7, 11) is 0. The third kappa shape index (κ3) is 4.08. The van der Waals surface area contributed by atoms with Crippen molar-refractivity contribution in [2.24, 2.45) is 0 Å². The number of hydrogen-bond acceptors (Lipinski definition) is 2. The van der Waals surface area contributed by atoms with Gasteiger partial charge in [0.15, 0.2) is 0 Å². The summed E-state index contributed by atoms with van der Waals surface area (Å²) in [4.78, 5) is 0. The second-order valence-electron chi connectivity index (χ2n) is 5.53. The first kappa shape index (κ1) is 15.6. The second-order valence-corrected chi connectivity index (χ2v) is 5.53. The molecule has 0 aliphatic rings. The summed E-state index contributed by atoms with van der Waals surface area (Å²) < 4.78 is 6.05. The minimum Gasteiger partial charge on any atom is -0.491 e. The lowest BCUT2D eigenvalue weighted by molar-refractivity contribution is 0.266. The Kier molecular flexibility index (Phi) is 5.40. The van der Waals surface area contributed by atoms with E-state index in [-0.39, 0.29) is 6.04 Å². The zero-order valence-electron chi connectivity index (χ0n) is 13.4. The first-order chi connectivity index (χ1) is 10.1. The Morgan fingerprint density at radius 1 is 1.00 bits per heavy atom. The lowest BCUT2D eigenvalue weighted by Gasteiger charge is -2.20. The summed E-state index contributed by atoms with van der Waals surface area (Å²) >= 11 is 0. The molecule has 0 aromatic heterocycles. The van der Waals surface area contributed by atoms with Gasteiger partial charge in [0, 0.05) is 0 Å². The Balaban J connectivity index is 2.09. The maximum Gasteiger partial charge on any atom is 0.122 e. The molecule has 0 fully saturated rings. The van der Waals surface area contributed by atoms with Crippen LogP contribution in [0.2, 0.25) is 0 Å². The van der Waals surface area contributed by atoms with Crippen molar-refractivity contribution in [2.45, 2.75) is 33.7 Å². The summed E-state index contributed by atoms with van der Waals surface area (Å²) in [6.07, 6.45) is 0. The van der Waals surface area contributed by atoms with E-state index in [1.165, 1.54) is 22.3 Å². The van der Waals surface area contributed by atoms with Gasteiger partial charge in [0.1, 0.15) is 12.4 Å². The van der Waals surface area contributed by atoms with Crippen LogP contribution in [0.25, 0.3) is 0 Å². The summed E-state index contributed by atoms with van der Waals surface area (Å²) in [6, 6.07) is 15.1. The van der Waals surface area contributed by atoms with Gasteiger partial charge in [-0.25, -0.2) is 0 Å². The minimum absolute atomic E-state index is 0.218. The van der Waals surface area contributed by atoms with E-state index in [0.29, 0.717) is 6.61 Å². The van der Waals surface area contributed by atoms with E-state index in [1.54, 1.807) is 0 Å². The third-order valence-corrected chi connectivity index (χ3v) is 3.89. The molecule has 2 aromatic carbocycles. The van der Waals surface area contributed by atoms with Crippen molar-refractivity contribution in [3.05, 3.63) is 64.7 Å². The standard InChI is InChI=1S/C19H25NO/c1-5-20-18(17-11-9-14(2)10-12-17)13-21-19-8-6-7-15(3)16(19)4/h6-12,18,20H,5,13H2,1-4H3. The van der Waals surface area contributed by atoms with Gasteiger partial charge in [-0.3, -0.25) is 0 Å². The van der Waals surface area contributed by atoms with Gasteiger partial charge in [-0.05, 0) is 50.1 Å². The van der Waals surface area contributed by atoms with Crippen LogP contribution >= 0.6 is 0 Å². The fraction of sp³-hybridized carbons (Fsp3) is 0.368. The molecule has 0 amide bonds. The summed E-state index contributed by atoms with van der Waals surface area (Å²) in [5, 5.41) is 3.50. The van der Waals surface area contributed by atoms with Crippen molar-refractivity contribution in [2.75, 3.05) is 13.2 Å². The third-order valence-electron chi connectivity index (χ3n) is 3.89. The Labute approximate surface area is 128 Å². The number of rotatable bonds is 6. The van der Waals surface area contributed by atoms with Crippen LogP contribution in [-0.2, 0) is 0 Å². The van der Waals surface area contributed by atoms with E-state index in [1.807, 2.05) is 12.1 Å². The molecule has 1 N–H and O–H groups in total. The zero-order valence-corrected chi connectivity index (χ0v) is 13.4. The zero-order chi connectivity index (χ0) is 15.2. The maximum atomic E-state index is 6.05. The molecule has 0 heterocycles. The first-order valence-corrected chi connectivity index (χ1v) is 7.60. The van der Waals surface area contributed by atoms with Crippen molar-refractivity contribution in [1.82, 2.24) is 5.32 Å². The van der Waals surface area contributed by atoms with Gasteiger partial charge in [-0.2, -0.15) is 0 Å².